The molecule has 0 aromatic heterocycles. The molecule has 0 saturated carbocycles. The molecule has 2 saturated heterocycles. The fourth-order valence-corrected chi connectivity index (χ4v) is 5.45. The molecule has 3 aliphatic rings. The standard InChI is InChI=1S/C23H30N2O5/c1-5-14-12-25-10-9-23(27)20-17(7-6-8-19(20)29-3)24-21(23)18(25)11-15(14)16(13-28-2)22(26)30-4/h6-8,13-15,18,27H,5,9-12H2,1-4H3/b16-13-. The summed E-state index contributed by atoms with van der Waals surface area (Å²) in [7, 11) is 4.56. The fraction of sp³-hybridized carbons (Fsp3) is 0.565. The van der Waals surface area contributed by atoms with E-state index >= 15 is 0 Å². The average Bonchev–Trinajstić information content (AvgIpc) is 3.09. The summed E-state index contributed by atoms with van der Waals surface area (Å²) < 4.78 is 15.8. The molecule has 4 unspecified atom stereocenters. The first-order chi connectivity index (χ1) is 14.5. The van der Waals surface area contributed by atoms with Gasteiger partial charge in [0, 0.05) is 13.1 Å². The number of esters is 1. The third-order valence-corrected chi connectivity index (χ3v) is 6.92. The molecule has 7 nitrogen and oxygen atoms in total. The molecular formula is C23H30N2O5. The number of rotatable bonds is 5. The molecule has 0 radical (unpaired) electrons. The van der Waals surface area contributed by atoms with E-state index in [1.54, 1.807) is 14.2 Å². The van der Waals surface area contributed by atoms with Gasteiger partial charge in [0.25, 0.3) is 0 Å². The molecule has 1 N–H and O–H groups in total. The molecule has 1 aromatic carbocycles. The first kappa shape index (κ1) is 20.9. The van der Waals surface area contributed by atoms with E-state index in [1.165, 1.54) is 13.4 Å². The largest absolute Gasteiger partial charge is 0.504 e. The highest BCUT2D eigenvalue weighted by atomic mass is 16.5. The van der Waals surface area contributed by atoms with E-state index in [4.69, 9.17) is 19.2 Å². The highest BCUT2D eigenvalue weighted by molar-refractivity contribution is 6.05. The Kier molecular flexibility index (Phi) is 5.59. The zero-order chi connectivity index (χ0) is 21.5. The predicted molar refractivity (Wildman–Crippen MR) is 113 cm³/mol. The molecule has 0 spiro atoms. The minimum absolute atomic E-state index is 0.0284. The molecular weight excluding hydrogens is 384 g/mol. The minimum Gasteiger partial charge on any atom is -0.504 e. The van der Waals surface area contributed by atoms with Crippen molar-refractivity contribution in [2.24, 2.45) is 16.8 Å². The molecule has 1 aromatic rings. The Morgan fingerprint density at radius 3 is 2.83 bits per heavy atom. The Bertz CT molecular complexity index is 896. The topological polar surface area (TPSA) is 80.6 Å². The van der Waals surface area contributed by atoms with Crippen LogP contribution in [0.3, 0.4) is 0 Å². The Labute approximate surface area is 177 Å². The third-order valence-electron chi connectivity index (χ3n) is 6.92. The van der Waals surface area contributed by atoms with E-state index in [2.05, 4.69) is 11.8 Å². The average molecular weight is 415 g/mol. The van der Waals surface area contributed by atoms with Crippen molar-refractivity contribution in [3.8, 4) is 5.75 Å². The van der Waals surface area contributed by atoms with Crippen LogP contribution in [0.4, 0.5) is 5.69 Å². The number of carbonyl (C=O) groups is 1. The van der Waals surface area contributed by atoms with Gasteiger partial charge in [-0.3, -0.25) is 9.89 Å². The molecule has 0 aliphatic carbocycles. The normalized spacial score (nSPS) is 30.6. The molecule has 3 aliphatic heterocycles. The summed E-state index contributed by atoms with van der Waals surface area (Å²) in [5.74, 6) is 0.569. The minimum atomic E-state index is -1.14. The Hall–Kier alpha value is -2.38. The van der Waals surface area contributed by atoms with Gasteiger partial charge in [-0.2, -0.15) is 0 Å². The van der Waals surface area contributed by atoms with Crippen molar-refractivity contribution >= 4 is 17.4 Å². The van der Waals surface area contributed by atoms with E-state index in [0.29, 0.717) is 30.1 Å². The van der Waals surface area contributed by atoms with Gasteiger partial charge in [0.05, 0.1) is 56.2 Å². The molecule has 30 heavy (non-hydrogen) atoms. The number of hydrogen-bond donors (Lipinski definition) is 1. The van der Waals surface area contributed by atoms with E-state index in [-0.39, 0.29) is 17.9 Å². The van der Waals surface area contributed by atoms with Crippen molar-refractivity contribution in [3.63, 3.8) is 0 Å². The Morgan fingerprint density at radius 2 is 2.17 bits per heavy atom. The van der Waals surface area contributed by atoms with Crippen LogP contribution in [0.1, 0.15) is 31.7 Å². The van der Waals surface area contributed by atoms with E-state index < -0.39 is 5.60 Å². The number of aliphatic imine (C=N–C) groups is 1. The number of hydrogen-bond acceptors (Lipinski definition) is 7. The summed E-state index contributed by atoms with van der Waals surface area (Å²) in [5.41, 5.74) is 1.70. The second-order valence-electron chi connectivity index (χ2n) is 8.28. The van der Waals surface area contributed by atoms with Crippen molar-refractivity contribution in [2.45, 2.75) is 37.8 Å². The first-order valence-electron chi connectivity index (χ1n) is 10.5. The summed E-state index contributed by atoms with van der Waals surface area (Å²) in [6.07, 6.45) is 3.71. The van der Waals surface area contributed by atoms with Crippen LogP contribution in [0.15, 0.2) is 35.0 Å². The lowest BCUT2D eigenvalue weighted by Crippen LogP contribution is -2.60. The highest BCUT2D eigenvalue weighted by Crippen LogP contribution is 2.51. The summed E-state index contributed by atoms with van der Waals surface area (Å²) in [6, 6.07) is 5.63. The summed E-state index contributed by atoms with van der Waals surface area (Å²) in [5, 5.41) is 11.8. The van der Waals surface area contributed by atoms with E-state index in [0.717, 1.165) is 36.5 Å². The van der Waals surface area contributed by atoms with E-state index in [1.807, 2.05) is 18.2 Å². The molecule has 7 heteroatoms. The summed E-state index contributed by atoms with van der Waals surface area (Å²) in [4.78, 5) is 19.8. The number of piperidine rings is 2. The Balaban J connectivity index is 1.72. The predicted octanol–water partition coefficient (Wildman–Crippen LogP) is 2.79. The summed E-state index contributed by atoms with van der Waals surface area (Å²) in [6.45, 7) is 3.75. The fourth-order valence-electron chi connectivity index (χ4n) is 5.45. The molecule has 2 fully saturated rings. The van der Waals surface area contributed by atoms with Gasteiger partial charge in [-0.1, -0.05) is 19.4 Å². The summed E-state index contributed by atoms with van der Waals surface area (Å²) >= 11 is 0. The SMILES string of the molecule is CCC1CN2CCC3(O)C(=Nc4cccc(OC)c43)C2CC1/C(=C/OC)C(=O)OC. The zero-order valence-corrected chi connectivity index (χ0v) is 18.1. The van der Waals surface area contributed by atoms with Crippen molar-refractivity contribution in [1.82, 2.24) is 4.90 Å². The number of aliphatic hydroxyl groups is 1. The number of methoxy groups -OCH3 is 3. The van der Waals surface area contributed by atoms with Crippen LogP contribution in [0.5, 0.6) is 5.75 Å². The number of carbonyl (C=O) groups excluding carboxylic acids is 1. The molecule has 0 bridgehead atoms. The van der Waals surface area contributed by atoms with Crippen LogP contribution >= 0.6 is 0 Å². The van der Waals surface area contributed by atoms with Crippen molar-refractivity contribution < 1.29 is 24.1 Å². The molecule has 0 amide bonds. The lowest BCUT2D eigenvalue weighted by Gasteiger charge is -2.50. The van der Waals surface area contributed by atoms with Gasteiger partial charge in [-0.05, 0) is 36.8 Å². The van der Waals surface area contributed by atoms with Gasteiger partial charge >= 0.3 is 5.97 Å². The van der Waals surface area contributed by atoms with Crippen molar-refractivity contribution in [1.29, 1.82) is 0 Å². The molecule has 4 atom stereocenters. The number of fused-ring (bicyclic) bond motifs is 5. The molecule has 4 rings (SSSR count). The van der Waals surface area contributed by atoms with Crippen molar-refractivity contribution in [3.05, 3.63) is 35.6 Å². The van der Waals surface area contributed by atoms with Crippen LogP contribution < -0.4 is 4.74 Å². The lowest BCUT2D eigenvalue weighted by atomic mass is 9.70. The second kappa shape index (κ2) is 8.04. The third kappa shape index (κ3) is 3.11. The van der Waals surface area contributed by atoms with Gasteiger partial charge in [-0.15, -0.1) is 0 Å². The van der Waals surface area contributed by atoms with Gasteiger partial charge in [0.1, 0.15) is 11.4 Å². The van der Waals surface area contributed by atoms with Gasteiger partial charge < -0.3 is 19.3 Å². The van der Waals surface area contributed by atoms with Crippen molar-refractivity contribution in [2.75, 3.05) is 34.4 Å². The maximum Gasteiger partial charge on any atom is 0.337 e. The zero-order valence-electron chi connectivity index (χ0n) is 18.1. The first-order valence-corrected chi connectivity index (χ1v) is 10.5. The molecule has 162 valence electrons. The van der Waals surface area contributed by atoms with E-state index in [9.17, 15) is 9.90 Å². The van der Waals surface area contributed by atoms with Crippen LogP contribution in [0.25, 0.3) is 0 Å². The maximum absolute atomic E-state index is 12.5. The number of ether oxygens (including phenoxy) is 3. The van der Waals surface area contributed by atoms with Gasteiger partial charge in [-0.25, -0.2) is 4.79 Å². The van der Waals surface area contributed by atoms with Crippen LogP contribution in [0, 0.1) is 11.8 Å². The second-order valence-corrected chi connectivity index (χ2v) is 8.28. The quantitative estimate of drug-likeness (QED) is 0.453. The lowest BCUT2D eigenvalue weighted by molar-refractivity contribution is -0.137. The molecule has 3 heterocycles. The van der Waals surface area contributed by atoms with Gasteiger partial charge in [0.15, 0.2) is 0 Å². The Morgan fingerprint density at radius 1 is 1.37 bits per heavy atom. The highest BCUT2D eigenvalue weighted by Gasteiger charge is 2.54. The van der Waals surface area contributed by atoms with Gasteiger partial charge in [0.2, 0.25) is 0 Å². The smallest absolute Gasteiger partial charge is 0.337 e. The van der Waals surface area contributed by atoms with Crippen LogP contribution in [-0.2, 0) is 19.9 Å². The monoisotopic (exact) mass is 414 g/mol. The maximum atomic E-state index is 12.5. The number of nitrogens with zero attached hydrogens (tertiary/aromatic N) is 2. The van der Waals surface area contributed by atoms with Crippen LogP contribution in [0.2, 0.25) is 0 Å². The van der Waals surface area contributed by atoms with Crippen LogP contribution in [-0.4, -0.2) is 62.1 Å². The number of benzene rings is 1.